The van der Waals surface area contributed by atoms with Gasteiger partial charge in [-0.15, -0.1) is 0 Å². The van der Waals surface area contributed by atoms with Crippen molar-refractivity contribution in [2.24, 2.45) is 5.73 Å². The number of aliphatic hydroxyl groups is 1. The lowest BCUT2D eigenvalue weighted by Gasteiger charge is -2.09. The molecule has 84 valence electrons. The summed E-state index contributed by atoms with van der Waals surface area (Å²) in [4.78, 5) is 0. The van der Waals surface area contributed by atoms with Gasteiger partial charge in [-0.05, 0) is 13.0 Å². The maximum atomic E-state index is 13.4. The third-order valence-electron chi connectivity index (χ3n) is 2.03. The summed E-state index contributed by atoms with van der Waals surface area (Å²) in [5.74, 6) is 0.108. The molecule has 0 aliphatic heterocycles. The molecule has 0 spiro atoms. The fourth-order valence-corrected chi connectivity index (χ4v) is 1.22. The van der Waals surface area contributed by atoms with Crippen LogP contribution in [0.15, 0.2) is 18.2 Å². The first-order valence-corrected chi connectivity index (χ1v) is 4.94. The zero-order chi connectivity index (χ0) is 11.3. The van der Waals surface area contributed by atoms with Crippen LogP contribution in [0.3, 0.4) is 0 Å². The lowest BCUT2D eigenvalue weighted by molar-refractivity contribution is 0.233. The van der Waals surface area contributed by atoms with Gasteiger partial charge >= 0.3 is 0 Å². The molecule has 1 aromatic carbocycles. The van der Waals surface area contributed by atoms with Crippen LogP contribution in [0.2, 0.25) is 0 Å². The van der Waals surface area contributed by atoms with E-state index in [1.807, 2.05) is 0 Å². The third kappa shape index (κ3) is 3.49. The Morgan fingerprint density at radius 2 is 2.27 bits per heavy atom. The van der Waals surface area contributed by atoms with Crippen LogP contribution < -0.4 is 10.5 Å². The molecule has 0 aliphatic rings. The van der Waals surface area contributed by atoms with Crippen molar-refractivity contribution in [2.45, 2.75) is 19.4 Å². The second kappa shape index (κ2) is 5.68. The van der Waals surface area contributed by atoms with Crippen LogP contribution in [0, 0.1) is 5.82 Å². The molecule has 0 unspecified atom stereocenters. The van der Waals surface area contributed by atoms with Gasteiger partial charge in [-0.2, -0.15) is 0 Å². The maximum absolute atomic E-state index is 13.4. The summed E-state index contributed by atoms with van der Waals surface area (Å²) >= 11 is 0. The zero-order valence-electron chi connectivity index (χ0n) is 8.74. The van der Waals surface area contributed by atoms with E-state index in [0.717, 1.165) is 0 Å². The summed E-state index contributed by atoms with van der Waals surface area (Å²) in [6.45, 7) is 2.18. The summed E-state index contributed by atoms with van der Waals surface area (Å²) in [5.41, 5.74) is 6.05. The molecule has 0 aliphatic carbocycles. The molecule has 0 bridgehead atoms. The van der Waals surface area contributed by atoms with Crippen LogP contribution in [0.25, 0.3) is 0 Å². The molecule has 15 heavy (non-hydrogen) atoms. The highest BCUT2D eigenvalue weighted by atomic mass is 19.1. The second-order valence-electron chi connectivity index (χ2n) is 3.40. The van der Waals surface area contributed by atoms with Crippen LogP contribution in [-0.2, 0) is 0 Å². The van der Waals surface area contributed by atoms with E-state index in [4.69, 9.17) is 15.6 Å². The maximum Gasteiger partial charge on any atom is 0.131 e. The van der Waals surface area contributed by atoms with Crippen LogP contribution >= 0.6 is 0 Å². The largest absolute Gasteiger partial charge is 0.493 e. The number of benzene rings is 1. The topological polar surface area (TPSA) is 55.5 Å². The number of hydrogen-bond acceptors (Lipinski definition) is 3. The predicted octanol–water partition coefficient (Wildman–Crippen LogP) is 1.61. The summed E-state index contributed by atoms with van der Waals surface area (Å²) in [6, 6.07) is 4.29. The average Bonchev–Trinajstić information content (AvgIpc) is 2.17. The molecule has 0 saturated carbocycles. The number of hydrogen-bond donors (Lipinski definition) is 2. The van der Waals surface area contributed by atoms with Gasteiger partial charge in [0.1, 0.15) is 11.6 Å². The van der Waals surface area contributed by atoms with Crippen molar-refractivity contribution in [3.8, 4) is 5.75 Å². The standard InChI is InChI=1S/C11H16FNO2/c1-8(13)10-4-3-9(7-11(10)12)15-6-2-5-14/h3-4,7-8,14H,2,5-6,13H2,1H3/t8-/m1/s1. The van der Waals surface area contributed by atoms with Gasteiger partial charge in [0.25, 0.3) is 0 Å². The van der Waals surface area contributed by atoms with Crippen molar-refractivity contribution < 1.29 is 14.2 Å². The monoisotopic (exact) mass is 213 g/mol. The highest BCUT2D eigenvalue weighted by Gasteiger charge is 2.07. The molecule has 1 aromatic rings. The Morgan fingerprint density at radius 1 is 1.53 bits per heavy atom. The van der Waals surface area contributed by atoms with E-state index < -0.39 is 0 Å². The summed E-state index contributed by atoms with van der Waals surface area (Å²) in [7, 11) is 0. The van der Waals surface area contributed by atoms with Crippen LogP contribution in [0.4, 0.5) is 4.39 Å². The highest BCUT2D eigenvalue weighted by Crippen LogP contribution is 2.20. The molecule has 0 heterocycles. The molecule has 4 heteroatoms. The molecule has 0 amide bonds. The Bertz CT molecular complexity index is 315. The summed E-state index contributed by atoms with van der Waals surface area (Å²) < 4.78 is 18.6. The average molecular weight is 213 g/mol. The lowest BCUT2D eigenvalue weighted by atomic mass is 10.1. The van der Waals surface area contributed by atoms with Crippen LogP contribution in [0.1, 0.15) is 24.9 Å². The quantitative estimate of drug-likeness (QED) is 0.730. The minimum atomic E-state index is -0.355. The van der Waals surface area contributed by atoms with E-state index in [9.17, 15) is 4.39 Å². The van der Waals surface area contributed by atoms with Crippen molar-refractivity contribution in [3.05, 3.63) is 29.6 Å². The second-order valence-corrected chi connectivity index (χ2v) is 3.40. The van der Waals surface area contributed by atoms with Crippen molar-refractivity contribution in [1.29, 1.82) is 0 Å². The van der Waals surface area contributed by atoms with Gasteiger partial charge in [-0.3, -0.25) is 0 Å². The highest BCUT2D eigenvalue weighted by molar-refractivity contribution is 5.30. The molecule has 0 aromatic heterocycles. The predicted molar refractivity (Wildman–Crippen MR) is 56.2 cm³/mol. The van der Waals surface area contributed by atoms with Crippen LogP contribution in [-0.4, -0.2) is 18.3 Å². The lowest BCUT2D eigenvalue weighted by Crippen LogP contribution is -2.08. The van der Waals surface area contributed by atoms with Gasteiger partial charge in [0, 0.05) is 30.7 Å². The minimum absolute atomic E-state index is 0.0698. The first-order valence-electron chi connectivity index (χ1n) is 4.94. The number of halogens is 1. The van der Waals surface area contributed by atoms with E-state index in [0.29, 0.717) is 24.3 Å². The smallest absolute Gasteiger partial charge is 0.131 e. The number of aliphatic hydroxyl groups excluding tert-OH is 1. The van der Waals surface area contributed by atoms with Crippen molar-refractivity contribution in [3.63, 3.8) is 0 Å². The Kier molecular flexibility index (Phi) is 4.52. The van der Waals surface area contributed by atoms with Gasteiger partial charge in [0.05, 0.1) is 6.61 Å². The van der Waals surface area contributed by atoms with Crippen molar-refractivity contribution in [1.82, 2.24) is 0 Å². The van der Waals surface area contributed by atoms with Crippen LogP contribution in [0.5, 0.6) is 5.75 Å². The molecule has 0 saturated heterocycles. The van der Waals surface area contributed by atoms with Gasteiger partial charge in [-0.25, -0.2) is 4.39 Å². The molecule has 0 fully saturated rings. The van der Waals surface area contributed by atoms with E-state index in [1.54, 1.807) is 19.1 Å². The van der Waals surface area contributed by atoms with E-state index in [2.05, 4.69) is 0 Å². The van der Waals surface area contributed by atoms with Gasteiger partial charge in [0.15, 0.2) is 0 Å². The van der Waals surface area contributed by atoms with Gasteiger partial charge in [-0.1, -0.05) is 6.07 Å². The SMILES string of the molecule is C[C@@H](N)c1ccc(OCCCO)cc1F. The molecule has 1 rings (SSSR count). The number of nitrogens with two attached hydrogens (primary N) is 1. The minimum Gasteiger partial charge on any atom is -0.493 e. The Balaban J connectivity index is 2.65. The van der Waals surface area contributed by atoms with Crippen molar-refractivity contribution >= 4 is 0 Å². The fourth-order valence-electron chi connectivity index (χ4n) is 1.22. The van der Waals surface area contributed by atoms with E-state index in [-0.39, 0.29) is 18.5 Å². The zero-order valence-corrected chi connectivity index (χ0v) is 8.74. The van der Waals surface area contributed by atoms with Crippen molar-refractivity contribution in [2.75, 3.05) is 13.2 Å². The molecule has 3 nitrogen and oxygen atoms in total. The molecule has 1 atom stereocenters. The Hall–Kier alpha value is -1.13. The Labute approximate surface area is 88.7 Å². The summed E-state index contributed by atoms with van der Waals surface area (Å²) in [5, 5.41) is 8.55. The number of ether oxygens (including phenoxy) is 1. The Morgan fingerprint density at radius 3 is 2.80 bits per heavy atom. The third-order valence-corrected chi connectivity index (χ3v) is 2.03. The first-order chi connectivity index (χ1) is 7.15. The summed E-state index contributed by atoms with van der Waals surface area (Å²) in [6.07, 6.45) is 0.538. The molecular weight excluding hydrogens is 197 g/mol. The fraction of sp³-hybridized carbons (Fsp3) is 0.455. The first kappa shape index (κ1) is 11.9. The molecule has 3 N–H and O–H groups in total. The molecule has 0 radical (unpaired) electrons. The van der Waals surface area contributed by atoms with Gasteiger partial charge < -0.3 is 15.6 Å². The number of rotatable bonds is 5. The normalized spacial score (nSPS) is 12.5. The van der Waals surface area contributed by atoms with E-state index >= 15 is 0 Å². The van der Waals surface area contributed by atoms with E-state index in [1.165, 1.54) is 6.07 Å². The van der Waals surface area contributed by atoms with Gasteiger partial charge in [0.2, 0.25) is 0 Å². The molecular formula is C11H16FNO2.